The van der Waals surface area contributed by atoms with Crippen LogP contribution in [0.2, 0.25) is 0 Å². The van der Waals surface area contributed by atoms with Crippen LogP contribution >= 0.6 is 0 Å². The van der Waals surface area contributed by atoms with Gasteiger partial charge in [-0.3, -0.25) is 4.79 Å². The predicted octanol–water partition coefficient (Wildman–Crippen LogP) is 6.99. The van der Waals surface area contributed by atoms with Crippen LogP contribution in [0.3, 0.4) is 0 Å². The molecule has 1 saturated carbocycles. The highest BCUT2D eigenvalue weighted by atomic mass is 16.7. The van der Waals surface area contributed by atoms with E-state index in [9.17, 15) is 9.90 Å². The van der Waals surface area contributed by atoms with Gasteiger partial charge < -0.3 is 19.3 Å². The predicted molar refractivity (Wildman–Crippen MR) is 141 cm³/mol. The number of ether oxygens (including phenoxy) is 3. The zero-order valence-corrected chi connectivity index (χ0v) is 22.1. The molecular formula is C30H48O5. The first-order valence-corrected chi connectivity index (χ1v) is 13.9. The fraction of sp³-hybridized carbons (Fsp3) is 0.700. The van der Waals surface area contributed by atoms with Gasteiger partial charge in [0.15, 0.2) is 5.79 Å². The number of carbonyl (C=O) groups is 1. The maximum atomic E-state index is 11.4. The third kappa shape index (κ3) is 11.7. The van der Waals surface area contributed by atoms with Gasteiger partial charge in [0.2, 0.25) is 0 Å². The van der Waals surface area contributed by atoms with Gasteiger partial charge in [-0.2, -0.15) is 0 Å². The summed E-state index contributed by atoms with van der Waals surface area (Å²) in [4.78, 5) is 11.4. The Kier molecular flexibility index (Phi) is 14.9. The second kappa shape index (κ2) is 17.7. The number of benzene rings is 1. The topological polar surface area (TPSA) is 65.0 Å². The number of carbonyl (C=O) groups excluding carboxylic acids is 1. The zero-order valence-electron chi connectivity index (χ0n) is 22.1. The highest BCUT2D eigenvalue weighted by Gasteiger charge is 2.36. The van der Waals surface area contributed by atoms with Crippen molar-refractivity contribution in [3.05, 3.63) is 48.0 Å². The van der Waals surface area contributed by atoms with E-state index >= 15 is 0 Å². The van der Waals surface area contributed by atoms with E-state index in [0.29, 0.717) is 26.2 Å². The largest absolute Gasteiger partial charge is 0.466 e. The second-order valence-corrected chi connectivity index (χ2v) is 9.67. The lowest BCUT2D eigenvalue weighted by atomic mass is 9.92. The molecule has 0 bridgehead atoms. The van der Waals surface area contributed by atoms with Gasteiger partial charge in [0.1, 0.15) is 0 Å². The lowest BCUT2D eigenvalue weighted by Gasteiger charge is -2.27. The van der Waals surface area contributed by atoms with Crippen LogP contribution in [-0.4, -0.2) is 42.8 Å². The Hall–Kier alpha value is -1.69. The summed E-state index contributed by atoms with van der Waals surface area (Å²) < 4.78 is 17.0. The van der Waals surface area contributed by atoms with Gasteiger partial charge in [-0.05, 0) is 39.0 Å². The molecule has 0 radical (unpaired) electrons. The van der Waals surface area contributed by atoms with Crippen LogP contribution in [0.4, 0.5) is 0 Å². The molecule has 1 N–H and O–H groups in total. The third-order valence-corrected chi connectivity index (χ3v) is 6.94. The molecule has 0 spiro atoms. The van der Waals surface area contributed by atoms with Gasteiger partial charge in [0.25, 0.3) is 0 Å². The Morgan fingerprint density at radius 3 is 2.29 bits per heavy atom. The summed E-state index contributed by atoms with van der Waals surface area (Å²) in [5, 5.41) is 10.5. The van der Waals surface area contributed by atoms with E-state index in [1.807, 2.05) is 43.3 Å². The van der Waals surface area contributed by atoms with Crippen molar-refractivity contribution >= 4 is 5.97 Å². The number of aliphatic hydroxyl groups excluding tert-OH is 1. The number of unbranched alkanes of at least 4 members (excludes halogenated alkanes) is 5. The van der Waals surface area contributed by atoms with Crippen LogP contribution in [0, 0.1) is 5.92 Å². The monoisotopic (exact) mass is 488 g/mol. The van der Waals surface area contributed by atoms with Crippen molar-refractivity contribution < 1.29 is 24.1 Å². The van der Waals surface area contributed by atoms with Crippen molar-refractivity contribution in [2.24, 2.45) is 5.92 Å². The van der Waals surface area contributed by atoms with E-state index in [4.69, 9.17) is 14.2 Å². The molecule has 0 unspecified atom stereocenters. The minimum atomic E-state index is -0.437. The molecule has 5 heteroatoms. The molecule has 3 rings (SSSR count). The molecule has 198 valence electrons. The van der Waals surface area contributed by atoms with Gasteiger partial charge in [-0.15, -0.1) is 0 Å². The molecule has 1 aliphatic carbocycles. The summed E-state index contributed by atoms with van der Waals surface area (Å²) in [6, 6.07) is 12.0. The first-order valence-electron chi connectivity index (χ1n) is 13.9. The van der Waals surface area contributed by atoms with Crippen molar-refractivity contribution in [1.29, 1.82) is 0 Å². The smallest absolute Gasteiger partial charge is 0.305 e. The molecule has 1 heterocycles. The molecular weight excluding hydrogens is 440 g/mol. The number of hydrogen-bond donors (Lipinski definition) is 1. The minimum Gasteiger partial charge on any atom is -0.466 e. The number of aliphatic hydroxyl groups is 1. The number of rotatable bonds is 14. The molecule has 0 aromatic heterocycles. The summed E-state index contributed by atoms with van der Waals surface area (Å²) in [7, 11) is 0. The van der Waals surface area contributed by atoms with Crippen LogP contribution in [0.1, 0.15) is 97.3 Å². The highest BCUT2D eigenvalue weighted by molar-refractivity contribution is 5.69. The lowest BCUT2D eigenvalue weighted by Crippen LogP contribution is -2.29. The van der Waals surface area contributed by atoms with E-state index in [0.717, 1.165) is 64.2 Å². The van der Waals surface area contributed by atoms with E-state index in [2.05, 4.69) is 13.0 Å². The minimum absolute atomic E-state index is 0.0897. The van der Waals surface area contributed by atoms with Crippen LogP contribution in [-0.2, 0) is 19.0 Å². The van der Waals surface area contributed by atoms with Crippen molar-refractivity contribution in [2.45, 2.75) is 109 Å². The maximum absolute atomic E-state index is 11.4. The summed E-state index contributed by atoms with van der Waals surface area (Å²) in [5.74, 6) is -0.254. The van der Waals surface area contributed by atoms with Crippen molar-refractivity contribution in [2.75, 3.05) is 19.8 Å². The van der Waals surface area contributed by atoms with Crippen molar-refractivity contribution in [1.82, 2.24) is 0 Å². The molecule has 1 aromatic carbocycles. The van der Waals surface area contributed by atoms with Gasteiger partial charge in [-0.1, -0.05) is 87.1 Å². The molecule has 2 fully saturated rings. The second-order valence-electron chi connectivity index (χ2n) is 9.67. The van der Waals surface area contributed by atoms with E-state index in [-0.39, 0.29) is 18.0 Å². The van der Waals surface area contributed by atoms with Crippen LogP contribution in [0.25, 0.3) is 0 Å². The Morgan fingerprint density at radius 1 is 1.00 bits per heavy atom. The Bertz CT molecular complexity index is 669. The maximum Gasteiger partial charge on any atom is 0.305 e. The SMILES string of the molecule is CCCCCC1(CC=C2CC[C@H](O)[C@@H]2CCCCCCC(=O)OCC)OCCO1.c1ccccc1. The zero-order chi connectivity index (χ0) is 25.2. The summed E-state index contributed by atoms with van der Waals surface area (Å²) in [6.45, 7) is 5.89. The fourth-order valence-corrected chi connectivity index (χ4v) is 4.98. The molecule has 1 aromatic rings. The highest BCUT2D eigenvalue weighted by Crippen LogP contribution is 2.38. The standard InChI is InChI=1S/C24H42O5.C6H6/c1-3-5-10-16-24(28-18-19-29-24)17-15-20-13-14-22(25)21(20)11-8-6-7-9-12-23(26)27-4-2;1-2-4-6-5-3-1/h15,21-22,25H,3-14,16-19H2,1-2H3;1-6H/t21-,22+;/m1./s1. The molecule has 5 nitrogen and oxygen atoms in total. The average molecular weight is 489 g/mol. The third-order valence-electron chi connectivity index (χ3n) is 6.94. The van der Waals surface area contributed by atoms with Gasteiger partial charge in [0.05, 0.1) is 25.9 Å². The van der Waals surface area contributed by atoms with Gasteiger partial charge in [0, 0.05) is 25.2 Å². The van der Waals surface area contributed by atoms with Gasteiger partial charge >= 0.3 is 5.97 Å². The Morgan fingerprint density at radius 2 is 1.66 bits per heavy atom. The normalized spacial score (nSPS) is 22.1. The van der Waals surface area contributed by atoms with Gasteiger partial charge in [-0.25, -0.2) is 0 Å². The first-order chi connectivity index (χ1) is 17.1. The lowest BCUT2D eigenvalue weighted by molar-refractivity contribution is -0.160. The Balaban J connectivity index is 0.000000625. The summed E-state index contributed by atoms with van der Waals surface area (Å²) >= 11 is 0. The molecule has 1 saturated heterocycles. The molecule has 1 aliphatic heterocycles. The fourth-order valence-electron chi connectivity index (χ4n) is 4.98. The Labute approximate surface area is 213 Å². The molecule has 0 amide bonds. The molecule has 2 aliphatic rings. The number of hydrogen-bond acceptors (Lipinski definition) is 5. The molecule has 2 atom stereocenters. The quantitative estimate of drug-likeness (QED) is 0.174. The van der Waals surface area contributed by atoms with E-state index in [1.165, 1.54) is 18.4 Å². The van der Waals surface area contributed by atoms with Crippen LogP contribution < -0.4 is 0 Å². The summed E-state index contributed by atoms with van der Waals surface area (Å²) in [6.07, 6.45) is 14.9. The van der Waals surface area contributed by atoms with Crippen LogP contribution in [0.5, 0.6) is 0 Å². The first kappa shape index (κ1) is 29.5. The van der Waals surface area contributed by atoms with Crippen molar-refractivity contribution in [3.63, 3.8) is 0 Å². The number of esters is 1. The van der Waals surface area contributed by atoms with Crippen LogP contribution in [0.15, 0.2) is 48.0 Å². The van der Waals surface area contributed by atoms with E-state index < -0.39 is 5.79 Å². The summed E-state index contributed by atoms with van der Waals surface area (Å²) in [5.41, 5.74) is 1.39. The molecule has 35 heavy (non-hydrogen) atoms. The van der Waals surface area contributed by atoms with E-state index in [1.54, 1.807) is 0 Å². The average Bonchev–Trinajstić information content (AvgIpc) is 3.49. The van der Waals surface area contributed by atoms with Crippen molar-refractivity contribution in [3.8, 4) is 0 Å².